The Labute approximate surface area is 222 Å². The van der Waals surface area contributed by atoms with Crippen LogP contribution in [0.3, 0.4) is 0 Å². The Morgan fingerprint density at radius 2 is 1.66 bits per heavy atom. The first kappa shape index (κ1) is 30.7. The zero-order valence-electron chi connectivity index (χ0n) is 21.8. The van der Waals surface area contributed by atoms with Gasteiger partial charge in [0.2, 0.25) is 17.7 Å². The lowest BCUT2D eigenvalue weighted by Crippen LogP contribution is -2.54. The number of carboxylic acid groups (broad SMARTS) is 2. The van der Waals surface area contributed by atoms with Gasteiger partial charge >= 0.3 is 11.9 Å². The summed E-state index contributed by atoms with van der Waals surface area (Å²) in [4.78, 5) is 61.7. The minimum Gasteiger partial charge on any atom is -0.480 e. The van der Waals surface area contributed by atoms with Gasteiger partial charge in [-0.15, -0.1) is 0 Å². The number of aliphatic carboxylic acids is 2. The fraction of sp³-hybridized carbons (Fsp3) is 0.577. The number of carboxylic acids is 2. The number of unbranched alkanes of at least 4 members (excludes halogenated alkanes) is 1. The highest BCUT2D eigenvalue weighted by molar-refractivity contribution is 5.88. The van der Waals surface area contributed by atoms with Crippen LogP contribution in [0.1, 0.15) is 44.1 Å². The van der Waals surface area contributed by atoms with Crippen molar-refractivity contribution in [2.24, 2.45) is 0 Å². The number of likely N-dealkylation sites (tertiary alicyclic amines) is 1. The summed E-state index contributed by atoms with van der Waals surface area (Å²) in [5.74, 6) is -3.21. The number of nitrogens with one attached hydrogen (secondary N) is 4. The van der Waals surface area contributed by atoms with Gasteiger partial charge in [0.15, 0.2) is 0 Å². The van der Waals surface area contributed by atoms with Crippen molar-refractivity contribution in [3.63, 3.8) is 0 Å². The normalized spacial score (nSPS) is 16.4. The quantitative estimate of drug-likeness (QED) is 0.147. The zero-order valence-corrected chi connectivity index (χ0v) is 21.8. The van der Waals surface area contributed by atoms with Crippen molar-refractivity contribution in [3.8, 4) is 0 Å². The highest BCUT2D eigenvalue weighted by atomic mass is 16.4. The standard InChI is InChI=1S/C26H39N5O7/c1-27-16-22(32)29-17-23(33)28-14-6-5-10-19(24(34)31-15-7-11-21(31)26(37)38)30-20(25(35)36)13-12-18-8-3-2-4-9-18/h2-4,8-9,19-21,27,30H,5-7,10-17H2,1H3,(H,28,33)(H,29,32)(H,35,36)(H,37,38)/t19-,20?,21?/m0/s1. The maximum Gasteiger partial charge on any atom is 0.326 e. The molecule has 1 aromatic rings. The molecular formula is C26H39N5O7. The largest absolute Gasteiger partial charge is 0.480 e. The second-order valence-corrected chi connectivity index (χ2v) is 9.32. The van der Waals surface area contributed by atoms with Crippen LogP contribution in [0.2, 0.25) is 0 Å². The fourth-order valence-electron chi connectivity index (χ4n) is 4.41. The molecule has 210 valence electrons. The lowest BCUT2D eigenvalue weighted by molar-refractivity contribution is -0.149. The SMILES string of the molecule is CNCC(=O)NCC(=O)NCCCC[C@H](NC(CCc1ccccc1)C(=O)O)C(=O)N1CCCC1C(=O)O. The average Bonchev–Trinajstić information content (AvgIpc) is 3.39. The molecule has 0 bridgehead atoms. The van der Waals surface area contributed by atoms with Gasteiger partial charge in [0, 0.05) is 13.1 Å². The van der Waals surface area contributed by atoms with E-state index in [-0.39, 0.29) is 37.7 Å². The number of hydrogen-bond acceptors (Lipinski definition) is 7. The van der Waals surface area contributed by atoms with E-state index in [0.29, 0.717) is 45.2 Å². The Morgan fingerprint density at radius 3 is 2.32 bits per heavy atom. The molecule has 1 saturated heterocycles. The summed E-state index contributed by atoms with van der Waals surface area (Å²) >= 11 is 0. The molecule has 3 atom stereocenters. The zero-order chi connectivity index (χ0) is 27.9. The van der Waals surface area contributed by atoms with Gasteiger partial charge in [-0.25, -0.2) is 4.79 Å². The van der Waals surface area contributed by atoms with Crippen LogP contribution < -0.4 is 21.3 Å². The molecule has 3 amide bonds. The van der Waals surface area contributed by atoms with E-state index in [1.807, 2.05) is 30.3 Å². The van der Waals surface area contributed by atoms with Gasteiger partial charge in [0.25, 0.3) is 0 Å². The van der Waals surface area contributed by atoms with Gasteiger partial charge in [-0.3, -0.25) is 24.5 Å². The third-order valence-electron chi connectivity index (χ3n) is 6.41. The van der Waals surface area contributed by atoms with Crippen LogP contribution in [0.4, 0.5) is 0 Å². The number of amides is 3. The van der Waals surface area contributed by atoms with Gasteiger partial charge in [0.05, 0.1) is 19.1 Å². The molecule has 1 fully saturated rings. The minimum atomic E-state index is -1.08. The summed E-state index contributed by atoms with van der Waals surface area (Å²) < 4.78 is 0. The maximum absolute atomic E-state index is 13.4. The van der Waals surface area contributed by atoms with Gasteiger partial charge in [-0.1, -0.05) is 30.3 Å². The summed E-state index contributed by atoms with van der Waals surface area (Å²) in [6.45, 7) is 0.596. The summed E-state index contributed by atoms with van der Waals surface area (Å²) in [5, 5.41) is 30.2. The molecular weight excluding hydrogens is 494 g/mol. The van der Waals surface area contributed by atoms with E-state index in [1.54, 1.807) is 7.05 Å². The van der Waals surface area contributed by atoms with Crippen molar-refractivity contribution < 1.29 is 34.2 Å². The summed E-state index contributed by atoms with van der Waals surface area (Å²) in [7, 11) is 1.63. The van der Waals surface area contributed by atoms with E-state index in [0.717, 1.165) is 5.56 Å². The third kappa shape index (κ3) is 10.5. The molecule has 12 nitrogen and oxygen atoms in total. The predicted octanol–water partition coefficient (Wildman–Crippen LogP) is -0.272. The minimum absolute atomic E-state index is 0.109. The fourth-order valence-corrected chi connectivity index (χ4v) is 4.41. The molecule has 0 saturated carbocycles. The molecule has 0 spiro atoms. The molecule has 2 unspecified atom stereocenters. The van der Waals surface area contributed by atoms with Crippen molar-refractivity contribution in [1.82, 2.24) is 26.2 Å². The molecule has 1 aliphatic rings. The lowest BCUT2D eigenvalue weighted by Gasteiger charge is -2.29. The Hall–Kier alpha value is -3.51. The molecule has 1 aromatic carbocycles. The van der Waals surface area contributed by atoms with Crippen molar-refractivity contribution in [1.29, 1.82) is 0 Å². The third-order valence-corrected chi connectivity index (χ3v) is 6.41. The first-order valence-corrected chi connectivity index (χ1v) is 13.0. The van der Waals surface area contributed by atoms with E-state index in [1.165, 1.54) is 4.90 Å². The molecule has 12 heteroatoms. The van der Waals surface area contributed by atoms with Gasteiger partial charge < -0.3 is 31.1 Å². The van der Waals surface area contributed by atoms with Gasteiger partial charge in [-0.05, 0) is 57.6 Å². The number of likely N-dealkylation sites (N-methyl/N-ethyl adjacent to an activating group) is 1. The van der Waals surface area contributed by atoms with Crippen molar-refractivity contribution in [2.75, 3.05) is 33.2 Å². The van der Waals surface area contributed by atoms with Crippen LogP contribution in [0.25, 0.3) is 0 Å². The second-order valence-electron chi connectivity index (χ2n) is 9.32. The topological polar surface area (TPSA) is 177 Å². The van der Waals surface area contributed by atoms with Crippen molar-refractivity contribution in [2.45, 2.75) is 63.1 Å². The number of benzene rings is 1. The molecule has 0 radical (unpaired) electrons. The molecule has 38 heavy (non-hydrogen) atoms. The smallest absolute Gasteiger partial charge is 0.326 e. The summed E-state index contributed by atoms with van der Waals surface area (Å²) in [5.41, 5.74) is 0.979. The van der Waals surface area contributed by atoms with Crippen LogP contribution in [0.5, 0.6) is 0 Å². The summed E-state index contributed by atoms with van der Waals surface area (Å²) in [6, 6.07) is 6.66. The number of nitrogens with zero attached hydrogens (tertiary/aromatic N) is 1. The number of carbonyl (C=O) groups is 5. The van der Waals surface area contributed by atoms with Crippen LogP contribution in [0, 0.1) is 0 Å². The first-order valence-electron chi connectivity index (χ1n) is 13.0. The van der Waals surface area contributed by atoms with Crippen LogP contribution in [0.15, 0.2) is 30.3 Å². The number of hydrogen-bond donors (Lipinski definition) is 6. The van der Waals surface area contributed by atoms with Crippen LogP contribution in [-0.4, -0.2) is 96.1 Å². The number of carbonyl (C=O) groups excluding carboxylic acids is 3. The molecule has 1 aliphatic heterocycles. The van der Waals surface area contributed by atoms with Crippen LogP contribution in [-0.2, 0) is 30.4 Å². The highest BCUT2D eigenvalue weighted by Gasteiger charge is 2.38. The lowest BCUT2D eigenvalue weighted by atomic mass is 10.0. The van der Waals surface area contributed by atoms with Gasteiger partial charge in [0.1, 0.15) is 12.1 Å². The number of aryl methyl sites for hydroxylation is 1. The molecule has 1 heterocycles. The second kappa shape index (κ2) is 16.4. The van der Waals surface area contributed by atoms with E-state index < -0.39 is 36.0 Å². The number of rotatable bonds is 17. The van der Waals surface area contributed by atoms with E-state index in [9.17, 15) is 34.2 Å². The van der Waals surface area contributed by atoms with E-state index >= 15 is 0 Å². The van der Waals surface area contributed by atoms with Gasteiger partial charge in [-0.2, -0.15) is 0 Å². The van der Waals surface area contributed by atoms with E-state index in [4.69, 9.17) is 0 Å². The Kier molecular flexibility index (Phi) is 13.2. The Morgan fingerprint density at radius 1 is 0.947 bits per heavy atom. The van der Waals surface area contributed by atoms with Crippen LogP contribution >= 0.6 is 0 Å². The first-order chi connectivity index (χ1) is 18.2. The average molecular weight is 534 g/mol. The predicted molar refractivity (Wildman–Crippen MR) is 139 cm³/mol. The Bertz CT molecular complexity index is 943. The molecule has 2 rings (SSSR count). The van der Waals surface area contributed by atoms with Crippen molar-refractivity contribution in [3.05, 3.63) is 35.9 Å². The molecule has 0 aliphatic carbocycles. The monoisotopic (exact) mass is 533 g/mol. The molecule has 0 aromatic heterocycles. The van der Waals surface area contributed by atoms with E-state index in [2.05, 4.69) is 21.3 Å². The molecule has 6 N–H and O–H groups in total. The van der Waals surface area contributed by atoms with Crippen molar-refractivity contribution >= 4 is 29.7 Å². The summed E-state index contributed by atoms with van der Waals surface area (Å²) in [6.07, 6.45) is 3.00. The Balaban J connectivity index is 1.95. The highest BCUT2D eigenvalue weighted by Crippen LogP contribution is 2.20. The maximum atomic E-state index is 13.4.